The van der Waals surface area contributed by atoms with E-state index in [2.05, 4.69) is 4.90 Å². The number of piperidine rings is 1. The molecule has 1 aromatic rings. The molecule has 14 atom stereocenters. The Morgan fingerprint density at radius 3 is 2.31 bits per heavy atom. The number of carbonyl (C=O) groups excluding carboxylic acids is 2. The number of ether oxygens (including phenoxy) is 6. The van der Waals surface area contributed by atoms with Gasteiger partial charge < -0.3 is 48.6 Å². The van der Waals surface area contributed by atoms with Crippen LogP contribution in [0.1, 0.15) is 36.5 Å². The summed E-state index contributed by atoms with van der Waals surface area (Å²) in [5.74, 6) is -3.77. The zero-order valence-corrected chi connectivity index (χ0v) is 26.7. The molecule has 45 heavy (non-hydrogen) atoms. The number of aliphatic hydroxyl groups excluding tert-OH is 1. The molecule has 6 aliphatic rings. The van der Waals surface area contributed by atoms with Crippen molar-refractivity contribution in [3.63, 3.8) is 0 Å². The second-order valence-electron chi connectivity index (χ2n) is 14.4. The number of esters is 2. The monoisotopic (exact) mass is 631 g/mol. The quantitative estimate of drug-likeness (QED) is 0.341. The molecule has 1 saturated heterocycles. The number of fused-ring (bicyclic) bond motifs is 2. The van der Waals surface area contributed by atoms with Crippen LogP contribution in [-0.2, 0) is 33.2 Å². The summed E-state index contributed by atoms with van der Waals surface area (Å²) < 4.78 is 37.0. The standard InChI is InChI=1S/C33H45NO11/c1-17(35)45-33-20-21(42-5)22-29(16-40-3)13-12-19(41-4)32(22,24(20)34(2)15-29)31(39)14-30(38,27(43-6)25(33)36)26(23(31)33)44-28(37)18-10-8-7-9-11-18/h7-11,19-27,36,38-39H,12-16H2,1-6H3/t19-,20-,21-,22+,23-,24?,25-,26+,27-,29-,30+,31-,32+,33-/m0/s1. The predicted octanol–water partition coefficient (Wildman–Crippen LogP) is 0.402. The van der Waals surface area contributed by atoms with E-state index in [0.29, 0.717) is 19.6 Å². The second kappa shape index (κ2) is 10.2. The molecule has 6 fully saturated rings. The summed E-state index contributed by atoms with van der Waals surface area (Å²) in [4.78, 5) is 29.1. The number of carbonyl (C=O) groups is 2. The molecule has 1 unspecified atom stereocenters. The highest BCUT2D eigenvalue weighted by Crippen LogP contribution is 2.81. The Bertz CT molecular complexity index is 1360. The fourth-order valence-corrected chi connectivity index (χ4v) is 12.3. The molecular weight excluding hydrogens is 586 g/mol. The summed E-state index contributed by atoms with van der Waals surface area (Å²) in [6.45, 7) is 2.24. The van der Waals surface area contributed by atoms with Crippen molar-refractivity contribution in [1.82, 2.24) is 4.90 Å². The lowest BCUT2D eigenvalue weighted by Gasteiger charge is -2.71. The zero-order chi connectivity index (χ0) is 32.3. The summed E-state index contributed by atoms with van der Waals surface area (Å²) in [6.07, 6.45) is -4.54. The Kier molecular flexibility index (Phi) is 7.10. The van der Waals surface area contributed by atoms with Crippen LogP contribution in [0.2, 0.25) is 0 Å². The number of hydrogen-bond acceptors (Lipinski definition) is 12. The first-order chi connectivity index (χ1) is 21.4. The van der Waals surface area contributed by atoms with Crippen molar-refractivity contribution >= 4 is 11.9 Å². The first kappa shape index (κ1) is 31.4. The SMILES string of the molecule is COC[C@@]12CC[C@H](OC)[C@]34C([C@H]([C@H](OC)[C@H]13)[C@]1(OC(C)=O)[C@H]3[C@@H](OC(=O)c5ccccc5)[C@](O)(C[C@]34O)[C@@H](OC)[C@@H]1O)N(C)C2. The molecule has 0 aromatic heterocycles. The van der Waals surface area contributed by atoms with Crippen LogP contribution >= 0.6 is 0 Å². The van der Waals surface area contributed by atoms with Crippen LogP contribution in [0.4, 0.5) is 0 Å². The minimum Gasteiger partial charge on any atom is -0.455 e. The third-order valence-corrected chi connectivity index (χ3v) is 12.8. The van der Waals surface area contributed by atoms with E-state index in [0.717, 1.165) is 6.42 Å². The van der Waals surface area contributed by atoms with Gasteiger partial charge in [0.05, 0.1) is 35.9 Å². The molecule has 5 aliphatic carbocycles. The van der Waals surface area contributed by atoms with Gasteiger partial charge in [-0.25, -0.2) is 4.79 Å². The van der Waals surface area contributed by atoms with Crippen LogP contribution in [0.3, 0.4) is 0 Å². The minimum absolute atomic E-state index is 0.248. The third kappa shape index (κ3) is 3.45. The summed E-state index contributed by atoms with van der Waals surface area (Å²) in [5, 5.41) is 38.8. The molecule has 0 amide bonds. The fourth-order valence-electron chi connectivity index (χ4n) is 12.3. The van der Waals surface area contributed by atoms with Crippen molar-refractivity contribution in [2.75, 3.05) is 48.6 Å². The molecule has 3 N–H and O–H groups in total. The maximum absolute atomic E-state index is 13.7. The normalized spacial score (nSPS) is 50.7. The summed E-state index contributed by atoms with van der Waals surface area (Å²) in [6, 6.07) is 7.85. The van der Waals surface area contributed by atoms with E-state index in [-0.39, 0.29) is 17.9 Å². The van der Waals surface area contributed by atoms with Crippen LogP contribution in [0.25, 0.3) is 0 Å². The number of methoxy groups -OCH3 is 4. The lowest BCUT2D eigenvalue weighted by molar-refractivity contribution is -0.346. The van der Waals surface area contributed by atoms with E-state index < -0.39 is 88.0 Å². The van der Waals surface area contributed by atoms with Crippen molar-refractivity contribution in [1.29, 1.82) is 0 Å². The maximum atomic E-state index is 13.7. The Labute approximate surface area is 262 Å². The van der Waals surface area contributed by atoms with Crippen LogP contribution in [0.15, 0.2) is 30.3 Å². The van der Waals surface area contributed by atoms with E-state index in [9.17, 15) is 24.9 Å². The van der Waals surface area contributed by atoms with Crippen molar-refractivity contribution in [3.8, 4) is 0 Å². The van der Waals surface area contributed by atoms with E-state index >= 15 is 0 Å². The van der Waals surface area contributed by atoms with Gasteiger partial charge in [-0.15, -0.1) is 0 Å². The lowest BCUT2D eigenvalue weighted by Crippen LogP contribution is -2.84. The zero-order valence-electron chi connectivity index (χ0n) is 26.7. The molecule has 248 valence electrons. The Morgan fingerprint density at radius 1 is 1.00 bits per heavy atom. The molecule has 12 nitrogen and oxygen atoms in total. The van der Waals surface area contributed by atoms with Crippen molar-refractivity contribution < 1.29 is 53.3 Å². The number of aliphatic hydroxyl groups is 3. The van der Waals surface area contributed by atoms with Gasteiger partial charge in [0.25, 0.3) is 0 Å². The lowest BCUT2D eigenvalue weighted by atomic mass is 9.41. The molecule has 1 aromatic carbocycles. The summed E-state index contributed by atoms with van der Waals surface area (Å²) in [5.41, 5.74) is -7.17. The highest BCUT2D eigenvalue weighted by Gasteiger charge is 2.95. The predicted molar refractivity (Wildman–Crippen MR) is 156 cm³/mol. The summed E-state index contributed by atoms with van der Waals surface area (Å²) >= 11 is 0. The molecule has 1 heterocycles. The van der Waals surface area contributed by atoms with Crippen molar-refractivity contribution in [2.45, 2.75) is 79.6 Å². The van der Waals surface area contributed by atoms with Gasteiger partial charge in [0.2, 0.25) is 0 Å². The Balaban J connectivity index is 1.54. The fraction of sp³-hybridized carbons (Fsp3) is 0.758. The molecule has 5 saturated carbocycles. The largest absolute Gasteiger partial charge is 0.455 e. The summed E-state index contributed by atoms with van der Waals surface area (Å²) in [7, 11) is 8.19. The number of hydrogen-bond donors (Lipinski definition) is 3. The number of benzene rings is 1. The van der Waals surface area contributed by atoms with Crippen molar-refractivity contribution in [3.05, 3.63) is 35.9 Å². The van der Waals surface area contributed by atoms with Crippen LogP contribution in [-0.4, -0.2) is 134 Å². The number of rotatable bonds is 8. The highest BCUT2D eigenvalue weighted by molar-refractivity contribution is 5.89. The molecule has 12 heteroatoms. The number of likely N-dealkylation sites (tertiary alicyclic amines) is 1. The van der Waals surface area contributed by atoms with E-state index in [1.165, 1.54) is 14.0 Å². The topological polar surface area (TPSA) is 153 Å². The highest BCUT2D eigenvalue weighted by atomic mass is 16.6. The molecule has 1 aliphatic heterocycles. The van der Waals surface area contributed by atoms with Gasteiger partial charge in [0.1, 0.15) is 23.9 Å². The first-order valence-electron chi connectivity index (χ1n) is 15.8. The van der Waals surface area contributed by atoms with Crippen LogP contribution in [0.5, 0.6) is 0 Å². The number of nitrogens with zero attached hydrogens (tertiary/aromatic N) is 1. The van der Waals surface area contributed by atoms with Crippen molar-refractivity contribution in [2.24, 2.45) is 28.6 Å². The van der Waals surface area contributed by atoms with Gasteiger partial charge >= 0.3 is 11.9 Å². The van der Waals surface area contributed by atoms with Crippen LogP contribution in [0, 0.1) is 28.6 Å². The van der Waals surface area contributed by atoms with Gasteiger partial charge in [-0.3, -0.25) is 4.79 Å². The van der Waals surface area contributed by atoms with Gasteiger partial charge in [-0.2, -0.15) is 0 Å². The molecule has 0 radical (unpaired) electrons. The first-order valence-corrected chi connectivity index (χ1v) is 15.8. The van der Waals surface area contributed by atoms with Gasteiger partial charge in [0.15, 0.2) is 5.60 Å². The minimum atomic E-state index is -2.05. The Morgan fingerprint density at radius 2 is 1.71 bits per heavy atom. The average Bonchev–Trinajstić information content (AvgIpc) is 3.37. The smallest absolute Gasteiger partial charge is 0.338 e. The maximum Gasteiger partial charge on any atom is 0.338 e. The molecular formula is C33H45NO11. The molecule has 7 bridgehead atoms. The molecule has 1 spiro atoms. The van der Waals surface area contributed by atoms with E-state index in [1.807, 2.05) is 7.05 Å². The van der Waals surface area contributed by atoms with Gasteiger partial charge in [0, 0.05) is 77.0 Å². The van der Waals surface area contributed by atoms with E-state index in [1.54, 1.807) is 51.7 Å². The van der Waals surface area contributed by atoms with Gasteiger partial charge in [-0.05, 0) is 32.0 Å². The molecule has 7 rings (SSSR count). The van der Waals surface area contributed by atoms with Gasteiger partial charge in [-0.1, -0.05) is 18.2 Å². The Hall–Kier alpha value is -2.16. The van der Waals surface area contributed by atoms with Crippen LogP contribution < -0.4 is 0 Å². The average molecular weight is 632 g/mol. The van der Waals surface area contributed by atoms with E-state index in [4.69, 9.17) is 28.4 Å². The second-order valence-corrected chi connectivity index (χ2v) is 14.4. The third-order valence-electron chi connectivity index (χ3n) is 12.8.